The third-order valence-electron chi connectivity index (χ3n) is 0.129. The third kappa shape index (κ3) is 21.9. The number of aliphatic hydroxyl groups is 1. The van der Waals surface area contributed by atoms with Crippen LogP contribution >= 0.6 is 0 Å². The minimum atomic E-state index is 0. The summed E-state index contributed by atoms with van der Waals surface area (Å²) in [6.45, 7) is 0.472. The molecule has 5 radical (unpaired) electrons. The van der Waals surface area contributed by atoms with Crippen molar-refractivity contribution in [2.45, 2.75) is 0 Å². The van der Waals surface area contributed by atoms with Crippen molar-refractivity contribution in [2.75, 3.05) is 13.2 Å². The zero-order chi connectivity index (χ0) is 3.41. The zero-order valence-electron chi connectivity index (χ0n) is 3.94. The van der Waals surface area contributed by atoms with Crippen molar-refractivity contribution in [2.24, 2.45) is 5.73 Å². The molecule has 0 bridgehead atoms. The van der Waals surface area contributed by atoms with E-state index in [1.54, 1.807) is 0 Å². The first-order valence-electron chi connectivity index (χ1n) is 1.22. The summed E-state index contributed by atoms with van der Waals surface area (Å²) in [5, 5.41) is 7.75. The van der Waals surface area contributed by atoms with Crippen molar-refractivity contribution in [1.29, 1.82) is 0 Å². The van der Waals surface area contributed by atoms with Gasteiger partial charge in [0.2, 0.25) is 0 Å². The van der Waals surface area contributed by atoms with Gasteiger partial charge in [0.15, 0.2) is 0 Å². The fraction of sp³-hybridized carbons (Fsp3) is 1.00. The summed E-state index contributed by atoms with van der Waals surface area (Å²) in [6.07, 6.45) is 0. The van der Waals surface area contributed by atoms with Gasteiger partial charge in [0.1, 0.15) is 0 Å². The van der Waals surface area contributed by atoms with E-state index in [1.807, 2.05) is 0 Å². The van der Waals surface area contributed by atoms with Crippen LogP contribution in [0.4, 0.5) is 0 Å². The van der Waals surface area contributed by atoms with Gasteiger partial charge in [-0.2, -0.15) is 0 Å². The van der Waals surface area contributed by atoms with Gasteiger partial charge in [0.25, 0.3) is 0 Å². The van der Waals surface area contributed by atoms with E-state index in [9.17, 15) is 0 Å². The summed E-state index contributed by atoms with van der Waals surface area (Å²) in [5.74, 6) is 0. The summed E-state index contributed by atoms with van der Waals surface area (Å²) >= 11 is 0. The van der Waals surface area contributed by atoms with E-state index < -0.39 is 0 Å². The monoisotopic (exact) mass is 96.0 g/mol. The smallest absolute Gasteiger partial charge is 0.0553 e. The van der Waals surface area contributed by atoms with Gasteiger partial charge in [-0.3, -0.25) is 0 Å². The molecule has 31 valence electrons. The van der Waals surface area contributed by atoms with E-state index in [0.717, 1.165) is 0 Å². The molecule has 0 fully saturated rings. The van der Waals surface area contributed by atoms with E-state index in [2.05, 4.69) is 0 Å². The van der Waals surface area contributed by atoms with Gasteiger partial charge in [-0.1, -0.05) is 0 Å². The predicted molar refractivity (Wildman–Crippen MR) is 27.6 cm³/mol. The second-order valence-corrected chi connectivity index (χ2v) is 0.512. The van der Waals surface area contributed by atoms with Crippen molar-refractivity contribution >= 4 is 29.8 Å². The third-order valence-corrected chi connectivity index (χ3v) is 0.129. The number of hydrogen-bond donors (Lipinski definition) is 2. The van der Waals surface area contributed by atoms with E-state index in [0.29, 0.717) is 6.54 Å². The average Bonchev–Trinajstić information content (AvgIpc) is 1.37. The van der Waals surface area contributed by atoms with Gasteiger partial charge in [0.05, 0.1) is 6.61 Å². The molecule has 2 nitrogen and oxygen atoms in total. The quantitative estimate of drug-likeness (QED) is 0.377. The van der Waals surface area contributed by atoms with Gasteiger partial charge >= 0.3 is 0 Å². The van der Waals surface area contributed by atoms with Crippen LogP contribution in [-0.4, -0.2) is 48.1 Å². The summed E-state index contributed by atoms with van der Waals surface area (Å²) in [6, 6.07) is 0. The van der Waals surface area contributed by atoms with Gasteiger partial charge in [0, 0.05) is 36.4 Å². The molecule has 0 aliphatic rings. The summed E-state index contributed by atoms with van der Waals surface area (Å²) < 4.78 is 0. The Hall–Kier alpha value is 0.734. The molecule has 0 saturated carbocycles. The van der Waals surface area contributed by atoms with E-state index in [1.165, 1.54) is 0 Å². The predicted octanol–water partition coefficient (Wildman–Crippen LogP) is -1.82. The maximum atomic E-state index is 7.75. The average molecular weight is 96.1 g/mol. The van der Waals surface area contributed by atoms with Crippen LogP contribution in [0.2, 0.25) is 0 Å². The Labute approximate surface area is 54.3 Å². The first-order valence-corrected chi connectivity index (χ1v) is 1.22. The first-order chi connectivity index (χ1) is 1.91. The first kappa shape index (κ1) is 15.9. The standard InChI is InChI=1S/C2H7NO.Li.Si/c3-1-2-4;;/h4H,1-3H2;;. The van der Waals surface area contributed by atoms with Crippen molar-refractivity contribution in [3.63, 3.8) is 0 Å². The van der Waals surface area contributed by atoms with Crippen molar-refractivity contribution in [1.82, 2.24) is 0 Å². The molecule has 0 spiro atoms. The number of hydrogen-bond acceptors (Lipinski definition) is 2. The second-order valence-electron chi connectivity index (χ2n) is 0.512. The van der Waals surface area contributed by atoms with E-state index in [-0.39, 0.29) is 36.4 Å². The molecule has 0 saturated heterocycles. The molecule has 4 heteroatoms. The number of rotatable bonds is 1. The van der Waals surface area contributed by atoms with Crippen LogP contribution in [0.5, 0.6) is 0 Å². The molecule has 0 aromatic heterocycles. The molecule has 0 aromatic rings. The van der Waals surface area contributed by atoms with Crippen LogP contribution in [-0.2, 0) is 0 Å². The Morgan fingerprint density at radius 1 is 1.50 bits per heavy atom. The van der Waals surface area contributed by atoms with Crippen molar-refractivity contribution < 1.29 is 5.11 Å². The maximum absolute atomic E-state index is 7.75. The Morgan fingerprint density at radius 3 is 1.67 bits per heavy atom. The normalized spacial score (nSPS) is 5.00. The van der Waals surface area contributed by atoms with E-state index in [4.69, 9.17) is 10.8 Å². The van der Waals surface area contributed by atoms with Gasteiger partial charge in [-0.25, -0.2) is 0 Å². The van der Waals surface area contributed by atoms with Crippen LogP contribution in [0.3, 0.4) is 0 Å². The van der Waals surface area contributed by atoms with Crippen LogP contribution in [0, 0.1) is 0 Å². The molecule has 0 aliphatic heterocycles. The van der Waals surface area contributed by atoms with Gasteiger partial charge in [-0.05, 0) is 0 Å². The molecular weight excluding hydrogens is 89.1 g/mol. The van der Waals surface area contributed by atoms with Crippen molar-refractivity contribution in [3.8, 4) is 0 Å². The van der Waals surface area contributed by atoms with Crippen LogP contribution in [0.15, 0.2) is 0 Å². The SMILES string of the molecule is NCCO.[Li].[Si]. The summed E-state index contributed by atoms with van der Waals surface area (Å²) in [5.41, 5.74) is 4.78. The molecule has 0 unspecified atom stereocenters. The Balaban J connectivity index is -0.0000000450. The summed E-state index contributed by atoms with van der Waals surface area (Å²) in [4.78, 5) is 0. The summed E-state index contributed by atoms with van der Waals surface area (Å²) in [7, 11) is 0. The zero-order valence-corrected chi connectivity index (χ0v) is 4.94. The minimum absolute atomic E-state index is 0. The maximum Gasteiger partial charge on any atom is 0.0553 e. The van der Waals surface area contributed by atoms with Crippen LogP contribution in [0.1, 0.15) is 0 Å². The van der Waals surface area contributed by atoms with E-state index >= 15 is 0 Å². The van der Waals surface area contributed by atoms with Crippen LogP contribution in [0.25, 0.3) is 0 Å². The second kappa shape index (κ2) is 17.2. The fourth-order valence-corrected chi connectivity index (χ4v) is 0. The molecule has 0 aromatic carbocycles. The topological polar surface area (TPSA) is 46.2 Å². The molecule has 0 rings (SSSR count). The Bertz CT molecular complexity index is 15.5. The Kier molecular flexibility index (Phi) is 45.5. The van der Waals surface area contributed by atoms with Gasteiger partial charge in [-0.15, -0.1) is 0 Å². The number of nitrogens with two attached hydrogens (primary N) is 1. The fourth-order valence-electron chi connectivity index (χ4n) is 0. The molecular formula is C2H7LiNOSi. The van der Waals surface area contributed by atoms with Gasteiger partial charge < -0.3 is 10.8 Å². The molecule has 0 atom stereocenters. The molecule has 6 heavy (non-hydrogen) atoms. The molecule has 0 amide bonds. The Morgan fingerprint density at radius 2 is 1.67 bits per heavy atom. The molecule has 0 heterocycles. The molecule has 3 N–H and O–H groups in total. The largest absolute Gasteiger partial charge is 0.395 e. The minimum Gasteiger partial charge on any atom is -0.395 e. The van der Waals surface area contributed by atoms with Crippen molar-refractivity contribution in [3.05, 3.63) is 0 Å². The number of aliphatic hydroxyl groups excluding tert-OH is 1. The molecule has 0 aliphatic carbocycles. The van der Waals surface area contributed by atoms with Crippen LogP contribution < -0.4 is 5.73 Å².